The van der Waals surface area contributed by atoms with Crippen molar-refractivity contribution in [3.05, 3.63) is 81.4 Å². The Morgan fingerprint density at radius 2 is 1.75 bits per heavy atom. The van der Waals surface area contributed by atoms with Gasteiger partial charge in [0.05, 0.1) is 16.1 Å². The fraction of sp³-hybridized carbons (Fsp3) is 0. The molecule has 0 aliphatic rings. The predicted molar refractivity (Wildman–Crippen MR) is 116 cm³/mol. The first-order valence-electron chi connectivity index (χ1n) is 8.29. The molecule has 5 nitrogen and oxygen atoms in total. The second kappa shape index (κ2) is 7.97. The zero-order valence-corrected chi connectivity index (χ0v) is 17.5. The van der Waals surface area contributed by atoms with Crippen LogP contribution in [0.15, 0.2) is 75.8 Å². The van der Waals surface area contributed by atoms with Crippen LogP contribution in [-0.2, 0) is 0 Å². The van der Waals surface area contributed by atoms with E-state index in [0.717, 1.165) is 25.4 Å². The van der Waals surface area contributed by atoms with E-state index >= 15 is 0 Å². The first-order chi connectivity index (χ1) is 13.6. The van der Waals surface area contributed by atoms with Crippen LogP contribution in [0.3, 0.4) is 0 Å². The molecule has 0 amide bonds. The highest BCUT2D eigenvalue weighted by Gasteiger charge is 2.10. The zero-order valence-electron chi connectivity index (χ0n) is 14.4. The van der Waals surface area contributed by atoms with Crippen molar-refractivity contribution < 1.29 is 4.74 Å². The fourth-order valence-corrected chi connectivity index (χ4v) is 3.73. The number of nitrogens with one attached hydrogen (secondary N) is 1. The van der Waals surface area contributed by atoms with Gasteiger partial charge in [-0.2, -0.15) is 10.2 Å². The van der Waals surface area contributed by atoms with Crippen LogP contribution in [0.5, 0.6) is 11.6 Å². The van der Waals surface area contributed by atoms with Crippen LogP contribution >= 0.6 is 31.9 Å². The van der Waals surface area contributed by atoms with Gasteiger partial charge in [0.15, 0.2) is 0 Å². The van der Waals surface area contributed by atoms with E-state index in [2.05, 4.69) is 53.2 Å². The summed E-state index contributed by atoms with van der Waals surface area (Å²) in [6, 6.07) is 20.7. The molecule has 136 valence electrons. The van der Waals surface area contributed by atoms with Crippen LogP contribution in [0.2, 0.25) is 0 Å². The number of nitriles is 1. The van der Waals surface area contributed by atoms with Gasteiger partial charge < -0.3 is 10.1 Å². The van der Waals surface area contributed by atoms with Crippen LogP contribution in [0.4, 0.5) is 11.6 Å². The SMILES string of the molecule is N#Cc1ccc(Nc2nccc(Oc3ccc4c(Br)cccc4c3Br)n2)cc1. The van der Waals surface area contributed by atoms with Gasteiger partial charge in [-0.3, -0.25) is 0 Å². The van der Waals surface area contributed by atoms with Crippen molar-refractivity contribution in [1.82, 2.24) is 9.97 Å². The predicted octanol–water partition coefficient (Wildman–Crippen LogP) is 6.56. The van der Waals surface area contributed by atoms with Crippen molar-refractivity contribution in [1.29, 1.82) is 5.26 Å². The minimum Gasteiger partial charge on any atom is -0.438 e. The second-order valence-electron chi connectivity index (χ2n) is 5.85. The minimum atomic E-state index is 0.405. The van der Waals surface area contributed by atoms with E-state index < -0.39 is 0 Å². The molecule has 28 heavy (non-hydrogen) atoms. The molecule has 0 unspecified atom stereocenters. The Labute approximate surface area is 178 Å². The molecule has 0 aliphatic heterocycles. The van der Waals surface area contributed by atoms with Gasteiger partial charge in [-0.15, -0.1) is 0 Å². The van der Waals surface area contributed by atoms with Crippen LogP contribution in [0, 0.1) is 11.3 Å². The quantitative estimate of drug-likeness (QED) is 0.347. The number of hydrogen-bond acceptors (Lipinski definition) is 5. The maximum atomic E-state index is 8.88. The van der Waals surface area contributed by atoms with E-state index in [1.807, 2.05) is 30.3 Å². The maximum Gasteiger partial charge on any atom is 0.230 e. The minimum absolute atomic E-state index is 0.405. The summed E-state index contributed by atoms with van der Waals surface area (Å²) >= 11 is 7.19. The standard InChI is InChI=1S/C21H12Br2N4O/c22-17-3-1-2-16-15(17)8-9-18(20(16)23)28-19-10-11-25-21(27-19)26-14-6-4-13(12-24)5-7-14/h1-11H,(H,25,26,27). The molecule has 0 fully saturated rings. The lowest BCUT2D eigenvalue weighted by Crippen LogP contribution is -1.98. The molecule has 7 heteroatoms. The van der Waals surface area contributed by atoms with Crippen molar-refractivity contribution in [3.8, 4) is 17.7 Å². The molecule has 0 atom stereocenters. The summed E-state index contributed by atoms with van der Waals surface area (Å²) in [5, 5.41) is 14.1. The van der Waals surface area contributed by atoms with Crippen molar-refractivity contribution in [3.63, 3.8) is 0 Å². The summed E-state index contributed by atoms with van der Waals surface area (Å²) in [4.78, 5) is 8.62. The van der Waals surface area contributed by atoms with E-state index in [0.29, 0.717) is 23.1 Å². The molecular weight excluding hydrogens is 484 g/mol. The van der Waals surface area contributed by atoms with E-state index in [9.17, 15) is 0 Å². The molecular formula is C21H12Br2N4O. The third-order valence-corrected chi connectivity index (χ3v) is 5.53. The zero-order chi connectivity index (χ0) is 19.5. The molecule has 0 bridgehead atoms. The summed E-state index contributed by atoms with van der Waals surface area (Å²) in [5.74, 6) is 1.48. The van der Waals surface area contributed by atoms with E-state index in [4.69, 9.17) is 10.00 Å². The molecule has 0 saturated heterocycles. The van der Waals surface area contributed by atoms with Crippen LogP contribution < -0.4 is 10.1 Å². The van der Waals surface area contributed by atoms with Gasteiger partial charge in [0.25, 0.3) is 0 Å². The summed E-state index contributed by atoms with van der Waals surface area (Å²) in [6.45, 7) is 0. The van der Waals surface area contributed by atoms with Crippen molar-refractivity contribution in [2.24, 2.45) is 0 Å². The average Bonchev–Trinajstić information content (AvgIpc) is 2.71. The van der Waals surface area contributed by atoms with Gasteiger partial charge in [0.2, 0.25) is 11.8 Å². The summed E-state index contributed by atoms with van der Waals surface area (Å²) in [6.07, 6.45) is 1.62. The highest BCUT2D eigenvalue weighted by molar-refractivity contribution is 9.11. The lowest BCUT2D eigenvalue weighted by atomic mass is 10.1. The van der Waals surface area contributed by atoms with Crippen molar-refractivity contribution in [2.45, 2.75) is 0 Å². The molecule has 0 aliphatic carbocycles. The number of rotatable bonds is 4. The third-order valence-electron chi connectivity index (χ3n) is 4.02. The van der Waals surface area contributed by atoms with E-state index in [-0.39, 0.29) is 0 Å². The molecule has 0 spiro atoms. The molecule has 1 N–H and O–H groups in total. The summed E-state index contributed by atoms with van der Waals surface area (Å²) in [7, 11) is 0. The number of ether oxygens (including phenoxy) is 1. The largest absolute Gasteiger partial charge is 0.438 e. The van der Waals surface area contributed by atoms with Gasteiger partial charge in [-0.25, -0.2) is 4.98 Å². The number of benzene rings is 3. The smallest absolute Gasteiger partial charge is 0.230 e. The Morgan fingerprint density at radius 1 is 0.929 bits per heavy atom. The van der Waals surface area contributed by atoms with E-state index in [1.165, 1.54) is 0 Å². The Hall–Kier alpha value is -2.95. The Morgan fingerprint density at radius 3 is 2.54 bits per heavy atom. The molecule has 0 radical (unpaired) electrons. The van der Waals surface area contributed by atoms with Gasteiger partial charge in [-0.1, -0.05) is 28.1 Å². The Bertz CT molecular complexity index is 1200. The first-order valence-corrected chi connectivity index (χ1v) is 9.87. The molecule has 0 saturated carbocycles. The molecule has 1 heterocycles. The number of halogens is 2. The summed E-state index contributed by atoms with van der Waals surface area (Å²) < 4.78 is 7.85. The number of hydrogen-bond donors (Lipinski definition) is 1. The lowest BCUT2D eigenvalue weighted by Gasteiger charge is -2.11. The number of fused-ring (bicyclic) bond motifs is 1. The highest BCUT2D eigenvalue weighted by Crippen LogP contribution is 2.37. The van der Waals surface area contributed by atoms with Crippen molar-refractivity contribution in [2.75, 3.05) is 5.32 Å². The van der Waals surface area contributed by atoms with Crippen LogP contribution in [0.25, 0.3) is 10.8 Å². The van der Waals surface area contributed by atoms with Crippen molar-refractivity contribution >= 4 is 54.3 Å². The normalized spacial score (nSPS) is 10.5. The molecule has 4 aromatic rings. The van der Waals surface area contributed by atoms with Gasteiger partial charge in [0, 0.05) is 27.8 Å². The fourth-order valence-electron chi connectivity index (χ4n) is 2.67. The van der Waals surface area contributed by atoms with E-state index in [1.54, 1.807) is 36.5 Å². The lowest BCUT2D eigenvalue weighted by molar-refractivity contribution is 0.460. The summed E-state index contributed by atoms with van der Waals surface area (Å²) in [5.41, 5.74) is 1.38. The molecule has 1 aromatic heterocycles. The average molecular weight is 496 g/mol. The van der Waals surface area contributed by atoms with Crippen LogP contribution in [-0.4, -0.2) is 9.97 Å². The van der Waals surface area contributed by atoms with Crippen LogP contribution in [0.1, 0.15) is 5.56 Å². The maximum absolute atomic E-state index is 8.88. The van der Waals surface area contributed by atoms with Gasteiger partial charge in [-0.05, 0) is 63.8 Å². The number of nitrogens with zero attached hydrogens (tertiary/aromatic N) is 3. The number of anilines is 2. The Kier molecular flexibility index (Phi) is 5.24. The molecule has 3 aromatic carbocycles. The third kappa shape index (κ3) is 3.84. The monoisotopic (exact) mass is 494 g/mol. The molecule has 4 rings (SSSR count). The highest BCUT2D eigenvalue weighted by atomic mass is 79.9. The van der Waals surface area contributed by atoms with Gasteiger partial charge in [0.1, 0.15) is 5.75 Å². The topological polar surface area (TPSA) is 70.8 Å². The second-order valence-corrected chi connectivity index (χ2v) is 7.49. The number of aromatic nitrogens is 2. The Balaban J connectivity index is 1.59. The van der Waals surface area contributed by atoms with Gasteiger partial charge >= 0.3 is 0 Å². The first kappa shape index (κ1) is 18.4.